The molecule has 2 bridgehead atoms. The van der Waals surface area contributed by atoms with Gasteiger partial charge < -0.3 is 20.3 Å². The second-order valence-electron chi connectivity index (χ2n) is 10.0. The zero-order valence-electron chi connectivity index (χ0n) is 19.5. The lowest BCUT2D eigenvalue weighted by molar-refractivity contribution is -0.135. The number of aromatic nitrogens is 2. The second kappa shape index (κ2) is 9.06. The second-order valence-corrected chi connectivity index (χ2v) is 10.5. The molecule has 1 unspecified atom stereocenters. The van der Waals surface area contributed by atoms with Crippen LogP contribution < -0.4 is 20.3 Å². The highest BCUT2D eigenvalue weighted by atomic mass is 35.5. The largest absolute Gasteiger partial charge is 0.478 e. The van der Waals surface area contributed by atoms with Crippen LogP contribution in [0.25, 0.3) is 0 Å². The molecule has 3 atom stereocenters. The third kappa shape index (κ3) is 4.97. The Hall–Kier alpha value is -2.87. The lowest BCUT2D eigenvalue weighted by Crippen LogP contribution is -2.55. The van der Waals surface area contributed by atoms with Crippen LogP contribution in [0.1, 0.15) is 62.7 Å². The van der Waals surface area contributed by atoms with Gasteiger partial charge in [-0.25, -0.2) is 9.97 Å². The summed E-state index contributed by atoms with van der Waals surface area (Å²) in [5.41, 5.74) is -0.516. The van der Waals surface area contributed by atoms with Crippen molar-refractivity contribution in [3.8, 4) is 5.75 Å². The SMILES string of the molecule is CC(C)(Oc1ccc(Cl)cc1)C(=O)NC1C[C@H]2CC[C@@H](C1)N2c1ncc(C(=O)NC2CC2)cn1. The third-order valence-corrected chi connectivity index (χ3v) is 7.10. The number of fused-ring (bicyclic) bond motifs is 2. The molecule has 1 aromatic heterocycles. The fourth-order valence-electron chi connectivity index (χ4n) is 4.89. The van der Waals surface area contributed by atoms with Crippen LogP contribution in [0.4, 0.5) is 5.95 Å². The van der Waals surface area contributed by atoms with Crippen LogP contribution >= 0.6 is 11.6 Å². The molecule has 2 N–H and O–H groups in total. The molecule has 180 valence electrons. The van der Waals surface area contributed by atoms with Crippen molar-refractivity contribution in [1.29, 1.82) is 0 Å². The maximum Gasteiger partial charge on any atom is 0.263 e. The number of rotatable bonds is 7. The molecule has 2 saturated heterocycles. The fourth-order valence-corrected chi connectivity index (χ4v) is 5.02. The first kappa shape index (κ1) is 22.9. The van der Waals surface area contributed by atoms with Crippen LogP contribution in [0, 0.1) is 0 Å². The first-order valence-electron chi connectivity index (χ1n) is 12.0. The molecule has 2 aliphatic heterocycles. The van der Waals surface area contributed by atoms with E-state index < -0.39 is 5.60 Å². The summed E-state index contributed by atoms with van der Waals surface area (Å²) in [5, 5.41) is 6.79. The first-order chi connectivity index (χ1) is 16.3. The van der Waals surface area contributed by atoms with Gasteiger partial charge in [-0.15, -0.1) is 0 Å². The van der Waals surface area contributed by atoms with E-state index in [4.69, 9.17) is 16.3 Å². The van der Waals surface area contributed by atoms with E-state index in [2.05, 4.69) is 25.5 Å². The van der Waals surface area contributed by atoms with Crippen molar-refractivity contribution in [2.75, 3.05) is 4.90 Å². The molecule has 3 fully saturated rings. The summed E-state index contributed by atoms with van der Waals surface area (Å²) in [5.74, 6) is 1.02. The predicted molar refractivity (Wildman–Crippen MR) is 129 cm³/mol. The van der Waals surface area contributed by atoms with E-state index in [1.807, 2.05) is 0 Å². The van der Waals surface area contributed by atoms with Gasteiger partial charge in [0.2, 0.25) is 5.95 Å². The highest BCUT2D eigenvalue weighted by Gasteiger charge is 2.43. The molecule has 3 heterocycles. The Labute approximate surface area is 204 Å². The van der Waals surface area contributed by atoms with Gasteiger partial charge in [-0.3, -0.25) is 9.59 Å². The number of halogens is 1. The van der Waals surface area contributed by atoms with Crippen molar-refractivity contribution in [1.82, 2.24) is 20.6 Å². The van der Waals surface area contributed by atoms with Gasteiger partial charge in [-0.05, 0) is 76.6 Å². The molecular formula is C25H30ClN5O3. The Kier molecular flexibility index (Phi) is 6.10. The smallest absolute Gasteiger partial charge is 0.263 e. The topological polar surface area (TPSA) is 96.5 Å². The molecule has 3 aliphatic rings. The van der Waals surface area contributed by atoms with Crippen LogP contribution in [0.3, 0.4) is 0 Å². The normalized spacial score (nSPS) is 24.0. The molecule has 2 aromatic rings. The molecule has 1 aliphatic carbocycles. The van der Waals surface area contributed by atoms with Crippen molar-refractivity contribution >= 4 is 29.4 Å². The number of hydrogen-bond acceptors (Lipinski definition) is 6. The summed E-state index contributed by atoms with van der Waals surface area (Å²) in [4.78, 5) is 36.5. The lowest BCUT2D eigenvalue weighted by atomic mass is 9.96. The number of anilines is 1. The Morgan fingerprint density at radius 1 is 0.971 bits per heavy atom. The average Bonchev–Trinajstić information content (AvgIpc) is 3.58. The van der Waals surface area contributed by atoms with Crippen LogP contribution in [0.15, 0.2) is 36.7 Å². The predicted octanol–water partition coefficient (Wildman–Crippen LogP) is 3.50. The standard InChI is InChI=1S/C25H30ClN5O3/c1-25(2,34-21-9-3-16(26)4-10-21)23(33)30-18-11-19-7-8-20(12-18)31(19)24-27-13-15(14-28-24)22(32)29-17-5-6-17/h3-4,9-10,13-14,17-20H,5-8,11-12H2,1-2H3,(H,29,32)(H,30,33)/t18?,19-,20+. The van der Waals surface area contributed by atoms with Crippen molar-refractivity contribution < 1.29 is 14.3 Å². The van der Waals surface area contributed by atoms with Crippen molar-refractivity contribution in [2.24, 2.45) is 0 Å². The fraction of sp³-hybridized carbons (Fsp3) is 0.520. The number of carbonyl (C=O) groups excluding carboxylic acids is 2. The van der Waals surface area contributed by atoms with Crippen LogP contribution in [0.5, 0.6) is 5.75 Å². The van der Waals surface area contributed by atoms with Crippen molar-refractivity contribution in [3.05, 3.63) is 47.2 Å². The molecule has 0 radical (unpaired) electrons. The summed E-state index contributed by atoms with van der Waals surface area (Å²) in [6.07, 6.45) is 9.05. The molecule has 34 heavy (non-hydrogen) atoms. The zero-order valence-corrected chi connectivity index (χ0v) is 20.2. The number of ether oxygens (including phenoxy) is 1. The Balaban J connectivity index is 1.19. The molecule has 5 rings (SSSR count). The third-order valence-electron chi connectivity index (χ3n) is 6.85. The van der Waals surface area contributed by atoms with E-state index in [1.165, 1.54) is 0 Å². The van der Waals surface area contributed by atoms with Gasteiger partial charge in [-0.1, -0.05) is 11.6 Å². The van der Waals surface area contributed by atoms with E-state index in [1.54, 1.807) is 50.5 Å². The van der Waals surface area contributed by atoms with Crippen molar-refractivity contribution in [2.45, 2.75) is 82.1 Å². The number of hydrogen-bond donors (Lipinski definition) is 2. The molecule has 9 heteroatoms. The summed E-state index contributed by atoms with van der Waals surface area (Å²) in [6, 6.07) is 7.90. The van der Waals surface area contributed by atoms with Gasteiger partial charge in [0, 0.05) is 41.6 Å². The van der Waals surface area contributed by atoms with Gasteiger partial charge in [0.25, 0.3) is 11.8 Å². The summed E-state index contributed by atoms with van der Waals surface area (Å²) >= 11 is 5.94. The molecule has 0 spiro atoms. The van der Waals surface area contributed by atoms with Gasteiger partial charge in [0.1, 0.15) is 5.75 Å². The van der Waals surface area contributed by atoms with Crippen LogP contribution in [-0.4, -0.2) is 51.6 Å². The maximum atomic E-state index is 13.0. The van der Waals surface area contributed by atoms with Gasteiger partial charge in [0.15, 0.2) is 5.60 Å². The van der Waals surface area contributed by atoms with E-state index >= 15 is 0 Å². The number of piperidine rings is 1. The van der Waals surface area contributed by atoms with Crippen LogP contribution in [-0.2, 0) is 4.79 Å². The van der Waals surface area contributed by atoms with E-state index in [9.17, 15) is 9.59 Å². The molecule has 1 saturated carbocycles. The summed E-state index contributed by atoms with van der Waals surface area (Å²) in [7, 11) is 0. The molecule has 1 aromatic carbocycles. The molecular weight excluding hydrogens is 454 g/mol. The quantitative estimate of drug-likeness (QED) is 0.625. The minimum absolute atomic E-state index is 0.0675. The zero-order chi connectivity index (χ0) is 23.9. The van der Waals surface area contributed by atoms with E-state index in [-0.39, 0.29) is 29.9 Å². The highest BCUT2D eigenvalue weighted by molar-refractivity contribution is 6.30. The Morgan fingerprint density at radius 2 is 1.59 bits per heavy atom. The lowest BCUT2D eigenvalue weighted by Gasteiger charge is -2.40. The number of nitrogens with zero attached hydrogens (tertiary/aromatic N) is 3. The minimum Gasteiger partial charge on any atom is -0.478 e. The first-order valence-corrected chi connectivity index (χ1v) is 12.3. The van der Waals surface area contributed by atoms with Gasteiger partial charge in [-0.2, -0.15) is 0 Å². The number of nitrogens with one attached hydrogen (secondary N) is 2. The van der Waals surface area contributed by atoms with Gasteiger partial charge >= 0.3 is 0 Å². The number of amides is 2. The number of benzene rings is 1. The van der Waals surface area contributed by atoms with E-state index in [0.29, 0.717) is 28.3 Å². The Bertz CT molecular complexity index is 1040. The molecule has 2 amide bonds. The number of carbonyl (C=O) groups is 2. The van der Waals surface area contributed by atoms with Gasteiger partial charge in [0.05, 0.1) is 5.56 Å². The monoisotopic (exact) mass is 483 g/mol. The highest BCUT2D eigenvalue weighted by Crippen LogP contribution is 2.38. The molecule has 8 nitrogen and oxygen atoms in total. The van der Waals surface area contributed by atoms with Crippen molar-refractivity contribution in [3.63, 3.8) is 0 Å². The summed E-state index contributed by atoms with van der Waals surface area (Å²) < 4.78 is 5.94. The van der Waals surface area contributed by atoms with Crippen LogP contribution in [0.2, 0.25) is 5.02 Å². The minimum atomic E-state index is -1.01. The summed E-state index contributed by atoms with van der Waals surface area (Å²) in [6.45, 7) is 3.55. The average molecular weight is 484 g/mol. The van der Waals surface area contributed by atoms with E-state index in [0.717, 1.165) is 38.5 Å². The Morgan fingerprint density at radius 3 is 2.18 bits per heavy atom. The maximum absolute atomic E-state index is 13.0.